The first-order valence-electron chi connectivity index (χ1n) is 5.69. The van der Waals surface area contributed by atoms with Crippen LogP contribution in [0, 0.1) is 5.82 Å². The third kappa shape index (κ3) is 3.62. The molecule has 2 aromatic carbocycles. The smallest absolute Gasteiger partial charge is 0.262 e. The second kappa shape index (κ2) is 6.59. The Balaban J connectivity index is 1.96. The quantitative estimate of drug-likeness (QED) is 0.920. The number of anilines is 1. The summed E-state index contributed by atoms with van der Waals surface area (Å²) >= 11 is 11.7. The molecule has 0 aliphatic heterocycles. The fourth-order valence-electron chi connectivity index (χ4n) is 1.49. The maximum absolute atomic E-state index is 13.3. The summed E-state index contributed by atoms with van der Waals surface area (Å²) in [6.07, 6.45) is 0. The van der Waals surface area contributed by atoms with E-state index in [1.165, 1.54) is 18.2 Å². The number of rotatable bonds is 4. The van der Waals surface area contributed by atoms with Gasteiger partial charge in [0.05, 0.1) is 10.7 Å². The van der Waals surface area contributed by atoms with E-state index in [-0.39, 0.29) is 17.3 Å². The maximum atomic E-state index is 13.3. The van der Waals surface area contributed by atoms with Crippen molar-refractivity contribution in [1.29, 1.82) is 0 Å². The minimum atomic E-state index is -0.512. The Morgan fingerprint density at radius 3 is 2.65 bits per heavy atom. The van der Waals surface area contributed by atoms with Gasteiger partial charge in [0.2, 0.25) is 0 Å². The lowest BCUT2D eigenvalue weighted by molar-refractivity contribution is -0.118. The molecule has 0 aliphatic rings. The molecular formula is C14H10Cl2FNO2. The molecule has 20 heavy (non-hydrogen) atoms. The molecule has 1 amide bonds. The van der Waals surface area contributed by atoms with E-state index >= 15 is 0 Å². The first-order chi connectivity index (χ1) is 9.58. The van der Waals surface area contributed by atoms with E-state index in [1.54, 1.807) is 24.3 Å². The largest absolute Gasteiger partial charge is 0.482 e. The fraction of sp³-hybridized carbons (Fsp3) is 0.0714. The molecule has 0 spiro atoms. The van der Waals surface area contributed by atoms with Gasteiger partial charge < -0.3 is 10.1 Å². The molecule has 0 bridgehead atoms. The van der Waals surface area contributed by atoms with Gasteiger partial charge in [0, 0.05) is 0 Å². The maximum Gasteiger partial charge on any atom is 0.262 e. The van der Waals surface area contributed by atoms with Gasteiger partial charge in [-0.3, -0.25) is 4.79 Å². The van der Waals surface area contributed by atoms with Gasteiger partial charge in [-0.25, -0.2) is 4.39 Å². The van der Waals surface area contributed by atoms with E-state index in [0.717, 1.165) is 0 Å². The summed E-state index contributed by atoms with van der Waals surface area (Å²) in [7, 11) is 0. The van der Waals surface area contributed by atoms with Crippen LogP contribution in [0.1, 0.15) is 0 Å². The Morgan fingerprint density at radius 1 is 1.15 bits per heavy atom. The molecule has 0 saturated carbocycles. The first-order valence-corrected chi connectivity index (χ1v) is 6.44. The van der Waals surface area contributed by atoms with Crippen LogP contribution in [0.15, 0.2) is 42.5 Å². The predicted molar refractivity (Wildman–Crippen MR) is 77.0 cm³/mol. The average molecular weight is 314 g/mol. The van der Waals surface area contributed by atoms with Crippen molar-refractivity contribution in [2.75, 3.05) is 11.9 Å². The van der Waals surface area contributed by atoms with Crippen LogP contribution in [-0.2, 0) is 4.79 Å². The predicted octanol–water partition coefficient (Wildman–Crippen LogP) is 4.15. The highest BCUT2D eigenvalue weighted by atomic mass is 35.5. The highest BCUT2D eigenvalue weighted by molar-refractivity contribution is 6.42. The highest BCUT2D eigenvalue weighted by Gasteiger charge is 2.10. The van der Waals surface area contributed by atoms with Gasteiger partial charge in [-0.05, 0) is 24.3 Å². The number of para-hydroxylation sites is 1. The summed E-state index contributed by atoms with van der Waals surface area (Å²) in [5.41, 5.74) is 0.0956. The van der Waals surface area contributed by atoms with E-state index in [1.807, 2.05) is 0 Å². The minimum Gasteiger partial charge on any atom is -0.482 e. The van der Waals surface area contributed by atoms with Crippen LogP contribution in [0.5, 0.6) is 5.75 Å². The van der Waals surface area contributed by atoms with Gasteiger partial charge in [0.25, 0.3) is 5.91 Å². The number of ether oxygens (including phenoxy) is 1. The Kier molecular flexibility index (Phi) is 4.82. The molecule has 0 heterocycles. The lowest BCUT2D eigenvalue weighted by Gasteiger charge is -2.09. The molecule has 2 rings (SSSR count). The van der Waals surface area contributed by atoms with E-state index in [9.17, 15) is 9.18 Å². The molecule has 104 valence electrons. The topological polar surface area (TPSA) is 38.3 Å². The summed E-state index contributed by atoms with van der Waals surface area (Å²) in [5, 5.41) is 2.96. The summed E-state index contributed by atoms with van der Waals surface area (Å²) in [6, 6.07) is 10.7. The Labute approximate surface area is 125 Å². The van der Waals surface area contributed by atoms with Crippen molar-refractivity contribution >= 4 is 34.8 Å². The van der Waals surface area contributed by atoms with Gasteiger partial charge in [0.1, 0.15) is 16.6 Å². The van der Waals surface area contributed by atoms with Gasteiger partial charge in [0.15, 0.2) is 6.61 Å². The van der Waals surface area contributed by atoms with Crippen molar-refractivity contribution in [1.82, 2.24) is 0 Å². The van der Waals surface area contributed by atoms with Crippen molar-refractivity contribution in [3.8, 4) is 5.75 Å². The molecule has 0 unspecified atom stereocenters. The van der Waals surface area contributed by atoms with Crippen LogP contribution >= 0.6 is 23.2 Å². The normalized spacial score (nSPS) is 10.2. The number of carbonyl (C=O) groups is 1. The summed E-state index contributed by atoms with van der Waals surface area (Å²) < 4.78 is 18.6. The number of hydrogen-bond donors (Lipinski definition) is 1. The number of amides is 1. The van der Waals surface area contributed by atoms with Crippen LogP contribution in [0.3, 0.4) is 0 Å². The van der Waals surface area contributed by atoms with Crippen LogP contribution in [0.4, 0.5) is 10.1 Å². The van der Waals surface area contributed by atoms with E-state index in [2.05, 4.69) is 5.32 Å². The van der Waals surface area contributed by atoms with E-state index in [0.29, 0.717) is 10.8 Å². The zero-order chi connectivity index (χ0) is 14.5. The second-order valence-electron chi connectivity index (χ2n) is 3.87. The fourth-order valence-corrected chi connectivity index (χ4v) is 1.83. The van der Waals surface area contributed by atoms with Crippen molar-refractivity contribution in [2.45, 2.75) is 0 Å². The summed E-state index contributed by atoms with van der Waals surface area (Å²) in [5.74, 6) is -0.712. The molecular weight excluding hydrogens is 304 g/mol. The van der Waals surface area contributed by atoms with Crippen LogP contribution in [0.25, 0.3) is 0 Å². The molecule has 0 radical (unpaired) electrons. The van der Waals surface area contributed by atoms with Crippen molar-refractivity contribution < 1.29 is 13.9 Å². The van der Waals surface area contributed by atoms with Crippen molar-refractivity contribution in [3.63, 3.8) is 0 Å². The second-order valence-corrected chi connectivity index (χ2v) is 4.65. The third-order valence-corrected chi connectivity index (χ3v) is 3.22. The number of benzene rings is 2. The Bertz CT molecular complexity index is 634. The van der Waals surface area contributed by atoms with Gasteiger partial charge in [-0.1, -0.05) is 41.4 Å². The van der Waals surface area contributed by atoms with Gasteiger partial charge in [-0.2, -0.15) is 0 Å². The van der Waals surface area contributed by atoms with E-state index < -0.39 is 11.7 Å². The Hall–Kier alpha value is -1.78. The molecule has 0 aromatic heterocycles. The molecule has 0 fully saturated rings. The summed E-state index contributed by atoms with van der Waals surface area (Å²) in [4.78, 5) is 11.7. The summed E-state index contributed by atoms with van der Waals surface area (Å²) in [6.45, 7) is -0.297. The molecule has 0 saturated heterocycles. The molecule has 3 nitrogen and oxygen atoms in total. The van der Waals surface area contributed by atoms with Gasteiger partial charge in [-0.15, -0.1) is 0 Å². The molecule has 6 heteroatoms. The van der Waals surface area contributed by atoms with Crippen molar-refractivity contribution in [2.24, 2.45) is 0 Å². The van der Waals surface area contributed by atoms with Crippen LogP contribution < -0.4 is 10.1 Å². The van der Waals surface area contributed by atoms with E-state index in [4.69, 9.17) is 27.9 Å². The molecule has 0 aliphatic carbocycles. The lowest BCUT2D eigenvalue weighted by Crippen LogP contribution is -2.20. The van der Waals surface area contributed by atoms with Crippen LogP contribution in [0.2, 0.25) is 10.0 Å². The lowest BCUT2D eigenvalue weighted by atomic mass is 10.3. The molecule has 1 N–H and O–H groups in total. The van der Waals surface area contributed by atoms with Crippen LogP contribution in [-0.4, -0.2) is 12.5 Å². The zero-order valence-corrected chi connectivity index (χ0v) is 11.7. The number of carbonyl (C=O) groups excluding carboxylic acids is 1. The standard InChI is InChI=1S/C14H10Cl2FNO2/c15-9-4-3-7-12(14(9)16)20-8-13(19)18-11-6-2-1-5-10(11)17/h1-7H,8H2,(H,18,19). The number of hydrogen-bond acceptors (Lipinski definition) is 2. The SMILES string of the molecule is O=C(COc1cccc(Cl)c1Cl)Nc1ccccc1F. The third-order valence-electron chi connectivity index (χ3n) is 2.42. The molecule has 0 atom stereocenters. The average Bonchev–Trinajstić information content (AvgIpc) is 2.43. The zero-order valence-electron chi connectivity index (χ0n) is 10.2. The highest BCUT2D eigenvalue weighted by Crippen LogP contribution is 2.31. The van der Waals surface area contributed by atoms with Crippen molar-refractivity contribution in [3.05, 3.63) is 58.3 Å². The molecule has 2 aromatic rings. The number of halogens is 3. The Morgan fingerprint density at radius 2 is 1.90 bits per heavy atom. The van der Waals surface area contributed by atoms with Gasteiger partial charge >= 0.3 is 0 Å². The monoisotopic (exact) mass is 313 g/mol. The number of nitrogens with one attached hydrogen (secondary N) is 1. The first kappa shape index (κ1) is 14.6. The minimum absolute atomic E-state index is 0.0956.